The van der Waals surface area contributed by atoms with Gasteiger partial charge in [0.05, 0.1) is 11.5 Å². The fraction of sp³-hybridized carbons (Fsp3) is 0.0870. The molecule has 0 amide bonds. The topological polar surface area (TPSA) is 26.3 Å². The molecule has 1 unspecified atom stereocenters. The maximum absolute atomic E-state index is 13.1. The van der Waals surface area contributed by atoms with Crippen molar-refractivity contribution >= 4 is 27.3 Å². The van der Waals surface area contributed by atoms with E-state index in [0.717, 1.165) is 16.3 Å². The van der Waals surface area contributed by atoms with Gasteiger partial charge in [0.25, 0.3) is 0 Å². The molecule has 120 valence electrons. The van der Waals surface area contributed by atoms with Crippen LogP contribution < -0.4 is 4.74 Å². The molecule has 1 aliphatic heterocycles. The number of ketones is 1. The first-order valence-electron chi connectivity index (χ1n) is 8.49. The average molecular weight is 324 g/mol. The molecule has 5 rings (SSSR count). The Bertz CT molecular complexity index is 1130. The second-order valence-corrected chi connectivity index (χ2v) is 6.46. The van der Waals surface area contributed by atoms with Gasteiger partial charge in [-0.15, -0.1) is 0 Å². The van der Waals surface area contributed by atoms with Crippen LogP contribution in [0.3, 0.4) is 0 Å². The Morgan fingerprint density at radius 2 is 1.44 bits per heavy atom. The Labute approximate surface area is 145 Å². The molecule has 0 radical (unpaired) electrons. The summed E-state index contributed by atoms with van der Waals surface area (Å²) in [5.41, 5.74) is 1.73. The van der Waals surface area contributed by atoms with Crippen LogP contribution in [0.1, 0.15) is 21.8 Å². The van der Waals surface area contributed by atoms with Gasteiger partial charge in [0.15, 0.2) is 5.78 Å². The lowest BCUT2D eigenvalue weighted by Gasteiger charge is -2.25. The number of rotatable bonds is 1. The van der Waals surface area contributed by atoms with Crippen molar-refractivity contribution in [2.45, 2.75) is 5.92 Å². The van der Waals surface area contributed by atoms with Crippen molar-refractivity contribution in [1.29, 1.82) is 0 Å². The first-order valence-corrected chi connectivity index (χ1v) is 8.49. The normalized spacial score (nSPS) is 16.6. The summed E-state index contributed by atoms with van der Waals surface area (Å²) in [6.45, 7) is 0.387. The summed E-state index contributed by atoms with van der Waals surface area (Å²) >= 11 is 0. The molecule has 0 spiro atoms. The number of hydrogen-bond acceptors (Lipinski definition) is 2. The van der Waals surface area contributed by atoms with Gasteiger partial charge in [-0.3, -0.25) is 4.79 Å². The molecule has 4 aromatic rings. The van der Waals surface area contributed by atoms with E-state index in [4.69, 9.17) is 4.74 Å². The summed E-state index contributed by atoms with van der Waals surface area (Å²) in [4.78, 5) is 13.1. The van der Waals surface area contributed by atoms with E-state index in [0.29, 0.717) is 17.9 Å². The van der Waals surface area contributed by atoms with Gasteiger partial charge >= 0.3 is 0 Å². The lowest BCUT2D eigenvalue weighted by molar-refractivity contribution is 0.0897. The third kappa shape index (κ3) is 2.14. The molecule has 1 atom stereocenters. The third-order valence-electron chi connectivity index (χ3n) is 5.05. The number of hydrogen-bond donors (Lipinski definition) is 0. The second kappa shape index (κ2) is 5.45. The van der Waals surface area contributed by atoms with E-state index in [1.807, 2.05) is 42.5 Å². The van der Waals surface area contributed by atoms with E-state index >= 15 is 0 Å². The van der Waals surface area contributed by atoms with Crippen LogP contribution in [0.4, 0.5) is 0 Å². The van der Waals surface area contributed by atoms with E-state index in [-0.39, 0.29) is 11.7 Å². The maximum Gasteiger partial charge on any atom is 0.177 e. The smallest absolute Gasteiger partial charge is 0.177 e. The molecule has 4 aromatic carbocycles. The zero-order valence-corrected chi connectivity index (χ0v) is 13.6. The van der Waals surface area contributed by atoms with Gasteiger partial charge in [-0.2, -0.15) is 0 Å². The van der Waals surface area contributed by atoms with E-state index in [2.05, 4.69) is 36.4 Å². The van der Waals surface area contributed by atoms with Crippen LogP contribution in [0, 0.1) is 0 Å². The predicted molar refractivity (Wildman–Crippen MR) is 100 cm³/mol. The minimum Gasteiger partial charge on any atom is -0.492 e. The number of fused-ring (bicyclic) bond motifs is 4. The van der Waals surface area contributed by atoms with E-state index in [9.17, 15) is 4.79 Å². The lowest BCUT2D eigenvalue weighted by atomic mass is 9.84. The SMILES string of the molecule is O=C1c2ccccc2OCC1c1cc2ccccc2c2ccccc12. The minimum atomic E-state index is -0.274. The minimum absolute atomic E-state index is 0.141. The Morgan fingerprint density at radius 1 is 0.760 bits per heavy atom. The van der Waals surface area contributed by atoms with Gasteiger partial charge in [0.2, 0.25) is 0 Å². The van der Waals surface area contributed by atoms with Crippen LogP contribution in [0.15, 0.2) is 78.9 Å². The van der Waals surface area contributed by atoms with E-state index in [1.165, 1.54) is 10.8 Å². The Morgan fingerprint density at radius 3 is 2.32 bits per heavy atom. The van der Waals surface area contributed by atoms with Gasteiger partial charge < -0.3 is 4.74 Å². The summed E-state index contributed by atoms with van der Waals surface area (Å²) in [6.07, 6.45) is 0. The Balaban J connectivity index is 1.77. The fourth-order valence-electron chi connectivity index (χ4n) is 3.84. The molecule has 1 aliphatic rings. The summed E-state index contributed by atoms with van der Waals surface area (Å²) in [7, 11) is 0. The van der Waals surface area contributed by atoms with Crippen molar-refractivity contribution in [2.75, 3.05) is 6.61 Å². The predicted octanol–water partition coefficient (Wildman–Crippen LogP) is 5.35. The highest BCUT2D eigenvalue weighted by atomic mass is 16.5. The molecule has 0 fully saturated rings. The number of carbonyl (C=O) groups excluding carboxylic acids is 1. The van der Waals surface area contributed by atoms with Crippen molar-refractivity contribution in [3.05, 3.63) is 90.0 Å². The van der Waals surface area contributed by atoms with Gasteiger partial charge in [-0.05, 0) is 45.3 Å². The molecule has 2 nitrogen and oxygen atoms in total. The quantitative estimate of drug-likeness (QED) is 0.441. The molecule has 0 aromatic heterocycles. The standard InChI is InChI=1S/C23H16O2/c24-23-19-11-5-6-12-22(19)25-14-21(23)20-13-15-7-1-2-8-16(15)17-9-3-4-10-18(17)20/h1-13,21H,14H2. The van der Waals surface area contributed by atoms with Crippen molar-refractivity contribution in [3.8, 4) is 5.75 Å². The van der Waals surface area contributed by atoms with Crippen LogP contribution in [0.2, 0.25) is 0 Å². The molecule has 0 aliphatic carbocycles. The third-order valence-corrected chi connectivity index (χ3v) is 5.05. The highest BCUT2D eigenvalue weighted by Gasteiger charge is 2.31. The van der Waals surface area contributed by atoms with Crippen LogP contribution in [-0.2, 0) is 0 Å². The highest BCUT2D eigenvalue weighted by Crippen LogP contribution is 2.38. The zero-order chi connectivity index (χ0) is 16.8. The van der Waals surface area contributed by atoms with Crippen molar-refractivity contribution in [1.82, 2.24) is 0 Å². The van der Waals surface area contributed by atoms with Gasteiger partial charge in [0.1, 0.15) is 12.4 Å². The van der Waals surface area contributed by atoms with Crippen molar-refractivity contribution in [2.24, 2.45) is 0 Å². The van der Waals surface area contributed by atoms with Crippen LogP contribution in [0.5, 0.6) is 5.75 Å². The first kappa shape index (κ1) is 14.2. The molecular formula is C23H16O2. The van der Waals surface area contributed by atoms with E-state index in [1.54, 1.807) is 0 Å². The summed E-state index contributed by atoms with van der Waals surface area (Å²) in [5.74, 6) is 0.556. The van der Waals surface area contributed by atoms with E-state index < -0.39 is 0 Å². The van der Waals surface area contributed by atoms with Gasteiger partial charge in [0, 0.05) is 0 Å². The molecule has 1 heterocycles. The molecule has 0 bridgehead atoms. The average Bonchev–Trinajstić information content (AvgIpc) is 2.68. The lowest BCUT2D eigenvalue weighted by Crippen LogP contribution is -2.26. The molecule has 0 saturated carbocycles. The number of benzene rings is 4. The maximum atomic E-state index is 13.1. The van der Waals surface area contributed by atoms with Crippen LogP contribution >= 0.6 is 0 Å². The molecule has 0 N–H and O–H groups in total. The fourth-order valence-corrected chi connectivity index (χ4v) is 3.84. The summed E-state index contributed by atoms with van der Waals surface area (Å²) in [5, 5.41) is 4.68. The summed E-state index contributed by atoms with van der Waals surface area (Å²) < 4.78 is 5.90. The van der Waals surface area contributed by atoms with Crippen molar-refractivity contribution in [3.63, 3.8) is 0 Å². The largest absolute Gasteiger partial charge is 0.492 e. The summed E-state index contributed by atoms with van der Waals surface area (Å²) in [6, 6.07) is 26.3. The number of carbonyl (C=O) groups is 1. The molecule has 2 heteroatoms. The first-order chi connectivity index (χ1) is 12.3. The van der Waals surface area contributed by atoms with Crippen LogP contribution in [0.25, 0.3) is 21.5 Å². The molecule has 0 saturated heterocycles. The van der Waals surface area contributed by atoms with Crippen molar-refractivity contribution < 1.29 is 9.53 Å². The Hall–Kier alpha value is -3.13. The van der Waals surface area contributed by atoms with Gasteiger partial charge in [-0.25, -0.2) is 0 Å². The zero-order valence-electron chi connectivity index (χ0n) is 13.6. The Kier molecular flexibility index (Phi) is 3.10. The number of para-hydroxylation sites is 1. The monoisotopic (exact) mass is 324 g/mol. The molecule has 25 heavy (non-hydrogen) atoms. The number of Topliss-reactive ketones (excluding diaryl/α,β-unsaturated/α-hetero) is 1. The van der Waals surface area contributed by atoms with Crippen LogP contribution in [-0.4, -0.2) is 12.4 Å². The highest BCUT2D eigenvalue weighted by molar-refractivity contribution is 6.12. The number of ether oxygens (including phenoxy) is 1. The molecular weight excluding hydrogens is 308 g/mol. The second-order valence-electron chi connectivity index (χ2n) is 6.46. The van der Waals surface area contributed by atoms with Gasteiger partial charge in [-0.1, -0.05) is 60.7 Å².